The summed E-state index contributed by atoms with van der Waals surface area (Å²) in [4.78, 5) is 14.6. The van der Waals surface area contributed by atoms with Crippen molar-refractivity contribution in [3.63, 3.8) is 0 Å². The van der Waals surface area contributed by atoms with Gasteiger partial charge in [-0.2, -0.15) is 4.52 Å². The third kappa shape index (κ3) is 2.74. The molecule has 0 aliphatic heterocycles. The van der Waals surface area contributed by atoms with Crippen LogP contribution in [0.15, 0.2) is 72.9 Å². The number of pyridine rings is 1. The monoisotopic (exact) mass is 329 g/mol. The highest BCUT2D eigenvalue weighted by Gasteiger charge is 2.17. The fourth-order valence-electron chi connectivity index (χ4n) is 2.80. The van der Waals surface area contributed by atoms with Crippen LogP contribution in [0, 0.1) is 0 Å². The first kappa shape index (κ1) is 15.0. The average Bonchev–Trinajstić information content (AvgIpc) is 3.15. The molecule has 2 aromatic carbocycles. The zero-order valence-electron chi connectivity index (χ0n) is 13.6. The van der Waals surface area contributed by atoms with E-state index in [4.69, 9.17) is 0 Å². The molecule has 4 rings (SSSR count). The quantitative estimate of drug-likeness (QED) is 0.579. The lowest BCUT2D eigenvalue weighted by molar-refractivity contribution is 0.0992. The number of fused-ring (bicyclic) bond motifs is 1. The van der Waals surface area contributed by atoms with Crippen LogP contribution in [0.3, 0.4) is 0 Å². The number of amides is 1. The first-order chi connectivity index (χ1) is 12.2. The molecule has 25 heavy (non-hydrogen) atoms. The van der Waals surface area contributed by atoms with E-state index in [2.05, 4.69) is 15.5 Å². The van der Waals surface area contributed by atoms with Gasteiger partial charge >= 0.3 is 0 Å². The van der Waals surface area contributed by atoms with Crippen molar-refractivity contribution in [1.82, 2.24) is 20.0 Å². The van der Waals surface area contributed by atoms with E-state index in [1.165, 1.54) is 4.52 Å². The summed E-state index contributed by atoms with van der Waals surface area (Å²) in [5, 5.41) is 11.3. The molecule has 6 nitrogen and oxygen atoms in total. The molecule has 0 aliphatic rings. The van der Waals surface area contributed by atoms with Crippen LogP contribution in [-0.4, -0.2) is 33.0 Å². The summed E-state index contributed by atoms with van der Waals surface area (Å²) in [5.41, 5.74) is 4.03. The van der Waals surface area contributed by atoms with Gasteiger partial charge in [-0.3, -0.25) is 4.79 Å². The molecular formula is C19H15N5O. The van der Waals surface area contributed by atoms with Crippen molar-refractivity contribution in [2.24, 2.45) is 0 Å². The van der Waals surface area contributed by atoms with Gasteiger partial charge in [0.05, 0.1) is 11.3 Å². The molecule has 0 radical (unpaired) electrons. The predicted molar refractivity (Wildman–Crippen MR) is 95.4 cm³/mol. The molecule has 122 valence electrons. The molecule has 0 bridgehead atoms. The maximum atomic E-state index is 12.9. The van der Waals surface area contributed by atoms with E-state index in [0.29, 0.717) is 11.2 Å². The molecule has 2 heterocycles. The van der Waals surface area contributed by atoms with Crippen LogP contribution in [-0.2, 0) is 0 Å². The number of para-hydroxylation sites is 1. The second kappa shape index (κ2) is 6.16. The number of benzene rings is 2. The highest BCUT2D eigenvalue weighted by atomic mass is 16.2. The van der Waals surface area contributed by atoms with Crippen molar-refractivity contribution in [3.8, 4) is 11.1 Å². The lowest BCUT2D eigenvalue weighted by Gasteiger charge is -2.21. The standard InChI is InChI=1S/C19H15N5O/c1-23(19(25)15-11-12-18-20-21-22-24(18)13-15)17-10-6-5-9-16(17)14-7-3-2-4-8-14/h2-13H,1H3. The molecule has 0 saturated carbocycles. The van der Waals surface area contributed by atoms with Crippen LogP contribution >= 0.6 is 0 Å². The molecule has 0 unspecified atom stereocenters. The minimum atomic E-state index is -0.124. The molecule has 0 saturated heterocycles. The minimum Gasteiger partial charge on any atom is -0.311 e. The summed E-state index contributed by atoms with van der Waals surface area (Å²) >= 11 is 0. The van der Waals surface area contributed by atoms with Gasteiger partial charge < -0.3 is 4.90 Å². The number of tetrazole rings is 1. The number of carbonyl (C=O) groups excluding carboxylic acids is 1. The Kier molecular flexibility index (Phi) is 3.70. The number of carbonyl (C=O) groups is 1. The number of hydrogen-bond acceptors (Lipinski definition) is 4. The van der Waals surface area contributed by atoms with E-state index in [9.17, 15) is 4.79 Å². The summed E-state index contributed by atoms with van der Waals surface area (Å²) in [7, 11) is 1.77. The topological polar surface area (TPSA) is 63.4 Å². The van der Waals surface area contributed by atoms with Crippen molar-refractivity contribution in [2.45, 2.75) is 0 Å². The molecule has 4 aromatic rings. The van der Waals surface area contributed by atoms with Crippen molar-refractivity contribution >= 4 is 17.2 Å². The van der Waals surface area contributed by atoms with E-state index in [1.54, 1.807) is 30.3 Å². The van der Waals surface area contributed by atoms with Gasteiger partial charge in [-0.05, 0) is 34.2 Å². The van der Waals surface area contributed by atoms with E-state index in [-0.39, 0.29) is 5.91 Å². The Morgan fingerprint density at radius 2 is 1.72 bits per heavy atom. The zero-order chi connectivity index (χ0) is 17.2. The SMILES string of the molecule is CN(C(=O)c1ccc2nnnn2c1)c1ccccc1-c1ccccc1. The molecular weight excluding hydrogens is 314 g/mol. The summed E-state index contributed by atoms with van der Waals surface area (Å²) in [6.07, 6.45) is 1.64. The van der Waals surface area contributed by atoms with Gasteiger partial charge in [-0.15, -0.1) is 5.10 Å². The van der Waals surface area contributed by atoms with Gasteiger partial charge in [-0.25, -0.2) is 0 Å². The fraction of sp³-hybridized carbons (Fsp3) is 0.0526. The third-order valence-corrected chi connectivity index (χ3v) is 4.09. The lowest BCUT2D eigenvalue weighted by Crippen LogP contribution is -2.27. The highest BCUT2D eigenvalue weighted by Crippen LogP contribution is 2.30. The largest absolute Gasteiger partial charge is 0.311 e. The number of hydrogen-bond donors (Lipinski definition) is 0. The Morgan fingerprint density at radius 1 is 0.960 bits per heavy atom. The molecule has 0 spiro atoms. The normalized spacial score (nSPS) is 10.8. The van der Waals surface area contributed by atoms with Crippen molar-refractivity contribution in [2.75, 3.05) is 11.9 Å². The average molecular weight is 329 g/mol. The van der Waals surface area contributed by atoms with E-state index in [0.717, 1.165) is 16.8 Å². The molecule has 0 fully saturated rings. The summed E-state index contributed by atoms with van der Waals surface area (Å²) in [6, 6.07) is 21.3. The smallest absolute Gasteiger partial charge is 0.259 e. The first-order valence-corrected chi connectivity index (χ1v) is 7.84. The van der Waals surface area contributed by atoms with Crippen LogP contribution in [0.5, 0.6) is 0 Å². The zero-order valence-corrected chi connectivity index (χ0v) is 13.6. The fourth-order valence-corrected chi connectivity index (χ4v) is 2.80. The van der Waals surface area contributed by atoms with Gasteiger partial charge in [-0.1, -0.05) is 48.5 Å². The van der Waals surface area contributed by atoms with Crippen LogP contribution in [0.1, 0.15) is 10.4 Å². The van der Waals surface area contributed by atoms with Gasteiger partial charge in [0, 0.05) is 18.8 Å². The molecule has 0 aliphatic carbocycles. The number of aromatic nitrogens is 4. The predicted octanol–water partition coefficient (Wildman–Crippen LogP) is 3.07. The molecule has 2 aromatic heterocycles. The van der Waals surface area contributed by atoms with Crippen LogP contribution in [0.4, 0.5) is 5.69 Å². The van der Waals surface area contributed by atoms with Crippen molar-refractivity contribution < 1.29 is 4.79 Å². The van der Waals surface area contributed by atoms with Crippen LogP contribution in [0.25, 0.3) is 16.8 Å². The van der Waals surface area contributed by atoms with Crippen LogP contribution < -0.4 is 4.90 Å². The maximum absolute atomic E-state index is 12.9. The number of rotatable bonds is 3. The Morgan fingerprint density at radius 3 is 2.56 bits per heavy atom. The second-order valence-electron chi connectivity index (χ2n) is 5.65. The Balaban J connectivity index is 1.73. The molecule has 6 heteroatoms. The summed E-state index contributed by atoms with van der Waals surface area (Å²) in [6.45, 7) is 0. The minimum absolute atomic E-state index is 0.124. The van der Waals surface area contributed by atoms with Gasteiger partial charge in [0.15, 0.2) is 5.65 Å². The first-order valence-electron chi connectivity index (χ1n) is 7.84. The Hall–Kier alpha value is -3.54. The Bertz CT molecular complexity index is 1040. The second-order valence-corrected chi connectivity index (χ2v) is 5.65. The van der Waals surface area contributed by atoms with Crippen molar-refractivity contribution in [3.05, 3.63) is 78.5 Å². The highest BCUT2D eigenvalue weighted by molar-refractivity contribution is 6.07. The number of nitrogens with zero attached hydrogens (tertiary/aromatic N) is 5. The number of anilines is 1. The van der Waals surface area contributed by atoms with Gasteiger partial charge in [0.1, 0.15) is 0 Å². The molecule has 0 N–H and O–H groups in total. The van der Waals surface area contributed by atoms with Gasteiger partial charge in [0.25, 0.3) is 5.91 Å². The maximum Gasteiger partial charge on any atom is 0.259 e. The molecule has 1 amide bonds. The van der Waals surface area contributed by atoms with Gasteiger partial charge in [0.2, 0.25) is 0 Å². The summed E-state index contributed by atoms with van der Waals surface area (Å²) in [5.74, 6) is -0.124. The third-order valence-electron chi connectivity index (χ3n) is 4.09. The molecule has 0 atom stereocenters. The van der Waals surface area contributed by atoms with E-state index >= 15 is 0 Å². The van der Waals surface area contributed by atoms with Crippen molar-refractivity contribution in [1.29, 1.82) is 0 Å². The van der Waals surface area contributed by atoms with Crippen LogP contribution in [0.2, 0.25) is 0 Å². The summed E-state index contributed by atoms with van der Waals surface area (Å²) < 4.78 is 1.49. The van der Waals surface area contributed by atoms with E-state index < -0.39 is 0 Å². The Labute approximate surface area is 144 Å². The lowest BCUT2D eigenvalue weighted by atomic mass is 10.0. The van der Waals surface area contributed by atoms with E-state index in [1.807, 2.05) is 54.6 Å².